The SMILES string of the molecule is O=C(O)NNc1ccc(C(=O)On2c(O)ccc2O)cn1. The summed E-state index contributed by atoms with van der Waals surface area (Å²) in [5.41, 5.74) is 4.19. The van der Waals surface area contributed by atoms with Crippen molar-refractivity contribution >= 4 is 17.9 Å². The minimum absolute atomic E-state index is 0.0309. The Balaban J connectivity index is 2.05. The first-order valence-electron chi connectivity index (χ1n) is 5.50. The first kappa shape index (κ1) is 14.0. The standard InChI is InChI=1S/C11H10N4O6/c16-8-3-4-9(17)15(8)21-10(18)6-1-2-7(12-5-6)13-14-11(19)20/h1-5,14,16-17H,(H,12,13)(H,19,20). The molecular formula is C11H10N4O6. The quantitative estimate of drug-likeness (QED) is 0.501. The van der Waals surface area contributed by atoms with Gasteiger partial charge in [0, 0.05) is 18.3 Å². The fraction of sp³-hybridized carbons (Fsp3) is 0. The van der Waals surface area contributed by atoms with Crippen LogP contribution < -0.4 is 15.7 Å². The molecule has 0 spiro atoms. The normalized spacial score (nSPS) is 9.90. The van der Waals surface area contributed by atoms with Crippen molar-refractivity contribution in [3.8, 4) is 11.8 Å². The summed E-state index contributed by atoms with van der Waals surface area (Å²) in [4.78, 5) is 30.5. The Morgan fingerprint density at radius 1 is 1.14 bits per heavy atom. The largest absolute Gasteiger partial charge is 0.492 e. The molecule has 21 heavy (non-hydrogen) atoms. The van der Waals surface area contributed by atoms with Crippen LogP contribution in [0.2, 0.25) is 0 Å². The fourth-order valence-electron chi connectivity index (χ4n) is 1.34. The van der Waals surface area contributed by atoms with Gasteiger partial charge in [-0.05, 0) is 12.1 Å². The predicted molar refractivity (Wildman–Crippen MR) is 67.7 cm³/mol. The summed E-state index contributed by atoms with van der Waals surface area (Å²) in [7, 11) is 0. The molecule has 0 unspecified atom stereocenters. The van der Waals surface area contributed by atoms with Crippen molar-refractivity contribution in [1.29, 1.82) is 0 Å². The number of carbonyl (C=O) groups is 2. The molecule has 2 aromatic heterocycles. The Kier molecular flexibility index (Phi) is 3.79. The lowest BCUT2D eigenvalue weighted by molar-refractivity contribution is 0.0381. The molecule has 0 aromatic carbocycles. The molecule has 2 heterocycles. The highest BCUT2D eigenvalue weighted by atomic mass is 16.7. The van der Waals surface area contributed by atoms with E-state index in [0.717, 1.165) is 18.3 Å². The van der Waals surface area contributed by atoms with Crippen molar-refractivity contribution in [2.75, 3.05) is 5.43 Å². The molecule has 10 heteroatoms. The summed E-state index contributed by atoms with van der Waals surface area (Å²) in [5, 5.41) is 27.0. The van der Waals surface area contributed by atoms with Crippen LogP contribution in [0.25, 0.3) is 0 Å². The summed E-state index contributed by atoms with van der Waals surface area (Å²) in [6, 6.07) is 4.94. The van der Waals surface area contributed by atoms with E-state index >= 15 is 0 Å². The zero-order chi connectivity index (χ0) is 15.4. The van der Waals surface area contributed by atoms with Gasteiger partial charge in [0.25, 0.3) is 0 Å². The van der Waals surface area contributed by atoms with Crippen LogP contribution in [0, 0.1) is 0 Å². The molecule has 0 saturated heterocycles. The molecule has 2 aromatic rings. The van der Waals surface area contributed by atoms with Gasteiger partial charge in [-0.1, -0.05) is 0 Å². The molecule has 0 bridgehead atoms. The summed E-state index contributed by atoms with van der Waals surface area (Å²) < 4.78 is 0.542. The molecular weight excluding hydrogens is 284 g/mol. The van der Waals surface area contributed by atoms with Crippen molar-refractivity contribution in [3.63, 3.8) is 0 Å². The minimum Gasteiger partial charge on any atom is -0.492 e. The summed E-state index contributed by atoms with van der Waals surface area (Å²) in [6.45, 7) is 0. The van der Waals surface area contributed by atoms with Crippen LogP contribution in [0.5, 0.6) is 11.8 Å². The van der Waals surface area contributed by atoms with Crippen LogP contribution in [0.15, 0.2) is 30.5 Å². The third-order valence-corrected chi connectivity index (χ3v) is 2.27. The number of aromatic nitrogens is 2. The van der Waals surface area contributed by atoms with Gasteiger partial charge in [-0.25, -0.2) is 20.0 Å². The van der Waals surface area contributed by atoms with E-state index in [-0.39, 0.29) is 11.4 Å². The first-order chi connectivity index (χ1) is 9.97. The lowest BCUT2D eigenvalue weighted by Gasteiger charge is -2.07. The van der Waals surface area contributed by atoms with Crippen LogP contribution >= 0.6 is 0 Å². The van der Waals surface area contributed by atoms with E-state index < -0.39 is 23.8 Å². The highest BCUT2D eigenvalue weighted by Gasteiger charge is 2.14. The number of hydrogen-bond donors (Lipinski definition) is 5. The average Bonchev–Trinajstić information content (AvgIpc) is 2.77. The maximum absolute atomic E-state index is 11.8. The van der Waals surface area contributed by atoms with E-state index in [1.54, 1.807) is 0 Å². The number of hydrogen-bond acceptors (Lipinski definition) is 7. The second-order valence-corrected chi connectivity index (χ2v) is 3.71. The van der Waals surface area contributed by atoms with Crippen molar-refractivity contribution < 1.29 is 29.7 Å². The van der Waals surface area contributed by atoms with E-state index in [4.69, 9.17) is 9.94 Å². The maximum Gasteiger partial charge on any atom is 0.423 e. The number of aromatic hydroxyl groups is 2. The number of carboxylic acid groups (broad SMARTS) is 1. The van der Waals surface area contributed by atoms with Crippen LogP contribution in [0.4, 0.5) is 10.6 Å². The van der Waals surface area contributed by atoms with Crippen molar-refractivity contribution in [2.45, 2.75) is 0 Å². The van der Waals surface area contributed by atoms with Gasteiger partial charge in [-0.3, -0.25) is 5.43 Å². The molecule has 0 aliphatic rings. The number of nitrogens with zero attached hydrogens (tertiary/aromatic N) is 2. The Bertz CT molecular complexity index is 646. The van der Waals surface area contributed by atoms with Gasteiger partial charge in [0.15, 0.2) is 0 Å². The number of carbonyl (C=O) groups excluding carboxylic acids is 1. The smallest absolute Gasteiger partial charge is 0.423 e. The second kappa shape index (κ2) is 5.69. The van der Waals surface area contributed by atoms with E-state index in [0.29, 0.717) is 4.73 Å². The number of nitrogens with one attached hydrogen (secondary N) is 2. The second-order valence-electron chi connectivity index (χ2n) is 3.71. The number of rotatable bonds is 4. The highest BCUT2D eigenvalue weighted by Crippen LogP contribution is 2.19. The zero-order valence-corrected chi connectivity index (χ0v) is 10.3. The topological polar surface area (TPSA) is 146 Å². The lowest BCUT2D eigenvalue weighted by atomic mass is 10.3. The number of hydrazine groups is 1. The Labute approximate surface area is 117 Å². The van der Waals surface area contributed by atoms with Crippen LogP contribution in [0.1, 0.15) is 10.4 Å². The summed E-state index contributed by atoms with van der Waals surface area (Å²) in [6.07, 6.45) is -0.162. The first-order valence-corrected chi connectivity index (χ1v) is 5.50. The molecule has 1 amide bonds. The maximum atomic E-state index is 11.8. The molecule has 2 rings (SSSR count). The number of pyridine rings is 1. The van der Waals surface area contributed by atoms with Crippen molar-refractivity contribution in [3.05, 3.63) is 36.0 Å². The molecule has 5 N–H and O–H groups in total. The molecule has 10 nitrogen and oxygen atoms in total. The Morgan fingerprint density at radius 3 is 2.33 bits per heavy atom. The van der Waals surface area contributed by atoms with Gasteiger partial charge >= 0.3 is 12.1 Å². The summed E-state index contributed by atoms with van der Waals surface area (Å²) >= 11 is 0. The van der Waals surface area contributed by atoms with E-state index in [1.807, 2.05) is 5.43 Å². The number of amides is 1. The van der Waals surface area contributed by atoms with Crippen molar-refractivity contribution in [2.24, 2.45) is 0 Å². The molecule has 0 atom stereocenters. The van der Waals surface area contributed by atoms with E-state index in [9.17, 15) is 19.8 Å². The summed E-state index contributed by atoms with van der Waals surface area (Å²) in [5.74, 6) is -1.60. The van der Waals surface area contributed by atoms with E-state index in [2.05, 4.69) is 10.4 Å². The average molecular weight is 294 g/mol. The van der Waals surface area contributed by atoms with E-state index in [1.165, 1.54) is 12.1 Å². The zero-order valence-electron chi connectivity index (χ0n) is 10.3. The Hall–Kier alpha value is -3.43. The van der Waals surface area contributed by atoms with Crippen LogP contribution in [0.3, 0.4) is 0 Å². The number of anilines is 1. The molecule has 0 radical (unpaired) electrons. The van der Waals surface area contributed by atoms with Gasteiger partial charge in [0.1, 0.15) is 5.82 Å². The minimum atomic E-state index is -1.29. The third-order valence-electron chi connectivity index (χ3n) is 2.27. The highest BCUT2D eigenvalue weighted by molar-refractivity contribution is 5.89. The van der Waals surface area contributed by atoms with Gasteiger partial charge in [-0.2, -0.15) is 0 Å². The Morgan fingerprint density at radius 2 is 1.81 bits per heavy atom. The third kappa shape index (κ3) is 3.32. The monoisotopic (exact) mass is 294 g/mol. The van der Waals surface area contributed by atoms with Gasteiger partial charge in [0.2, 0.25) is 11.8 Å². The molecule has 0 aliphatic heterocycles. The van der Waals surface area contributed by atoms with Gasteiger partial charge < -0.3 is 20.2 Å². The van der Waals surface area contributed by atoms with Gasteiger partial charge in [-0.15, -0.1) is 4.73 Å². The molecule has 0 aliphatic carbocycles. The van der Waals surface area contributed by atoms with Gasteiger partial charge in [0.05, 0.1) is 5.56 Å². The van der Waals surface area contributed by atoms with Crippen LogP contribution in [-0.4, -0.2) is 37.1 Å². The molecule has 0 saturated carbocycles. The molecule has 110 valence electrons. The lowest BCUT2D eigenvalue weighted by Crippen LogP contribution is -2.27. The van der Waals surface area contributed by atoms with Crippen LogP contribution in [-0.2, 0) is 0 Å². The molecule has 0 fully saturated rings. The van der Waals surface area contributed by atoms with Crippen molar-refractivity contribution in [1.82, 2.24) is 15.1 Å². The predicted octanol–water partition coefficient (Wildman–Crippen LogP) is 0.158. The fourth-order valence-corrected chi connectivity index (χ4v) is 1.34.